The van der Waals surface area contributed by atoms with Gasteiger partial charge < -0.3 is 15.0 Å². The number of aromatic amines is 1. The van der Waals surface area contributed by atoms with Crippen LogP contribution >= 0.6 is 0 Å². The molecule has 140 valence electrons. The summed E-state index contributed by atoms with van der Waals surface area (Å²) in [6, 6.07) is 12.2. The van der Waals surface area contributed by atoms with Gasteiger partial charge in [0.25, 0.3) is 11.7 Å². The Balaban J connectivity index is 1.67. The zero-order valence-electron chi connectivity index (χ0n) is 14.2. The number of halogens is 3. The Hall–Kier alpha value is -3.29. The molecule has 1 amide bonds. The van der Waals surface area contributed by atoms with E-state index in [4.69, 9.17) is 0 Å². The zero-order chi connectivity index (χ0) is 19.6. The number of benzene rings is 2. The minimum absolute atomic E-state index is 0.00171. The maximum atomic E-state index is 12.5. The van der Waals surface area contributed by atoms with Gasteiger partial charge in [-0.3, -0.25) is 9.59 Å². The lowest BCUT2D eigenvalue weighted by Crippen LogP contribution is -2.30. The molecular formula is C19H15F3N2O3. The summed E-state index contributed by atoms with van der Waals surface area (Å²) >= 11 is 0. The number of hydrogen-bond donors (Lipinski definition) is 2. The van der Waals surface area contributed by atoms with Crippen LogP contribution in [0.1, 0.15) is 21.6 Å². The average molecular weight is 376 g/mol. The van der Waals surface area contributed by atoms with Crippen LogP contribution in [0.2, 0.25) is 0 Å². The van der Waals surface area contributed by atoms with Gasteiger partial charge in [0.15, 0.2) is 0 Å². The largest absolute Gasteiger partial charge is 0.573 e. The molecule has 8 heteroatoms. The molecule has 0 spiro atoms. The van der Waals surface area contributed by atoms with Gasteiger partial charge in [0.2, 0.25) is 0 Å². The summed E-state index contributed by atoms with van der Waals surface area (Å²) in [5.41, 5.74) is 2.18. The molecule has 1 aromatic heterocycles. The van der Waals surface area contributed by atoms with E-state index in [-0.39, 0.29) is 12.3 Å². The zero-order valence-corrected chi connectivity index (χ0v) is 14.2. The van der Waals surface area contributed by atoms with E-state index in [1.807, 2.05) is 12.1 Å². The van der Waals surface area contributed by atoms with E-state index in [1.165, 1.54) is 12.1 Å². The van der Waals surface area contributed by atoms with Crippen LogP contribution in [-0.4, -0.2) is 23.0 Å². The highest BCUT2D eigenvalue weighted by atomic mass is 19.4. The van der Waals surface area contributed by atoms with Gasteiger partial charge in [0, 0.05) is 23.1 Å². The second-order valence-corrected chi connectivity index (χ2v) is 5.87. The second kappa shape index (κ2) is 7.14. The molecule has 0 atom stereocenters. The third kappa shape index (κ3) is 4.28. The first-order valence-corrected chi connectivity index (χ1v) is 7.99. The quantitative estimate of drug-likeness (QED) is 0.525. The molecule has 0 unspecified atom stereocenters. The van der Waals surface area contributed by atoms with E-state index >= 15 is 0 Å². The molecule has 0 aliphatic heterocycles. The molecule has 0 saturated carbocycles. The Bertz CT molecular complexity index is 992. The molecular weight excluding hydrogens is 361 g/mol. The number of para-hydroxylation sites is 1. The Morgan fingerprint density at radius 1 is 1.07 bits per heavy atom. The first kappa shape index (κ1) is 18.5. The van der Waals surface area contributed by atoms with Crippen molar-refractivity contribution in [1.29, 1.82) is 0 Å². The van der Waals surface area contributed by atoms with Crippen molar-refractivity contribution in [2.45, 2.75) is 19.8 Å². The van der Waals surface area contributed by atoms with Gasteiger partial charge in [0.05, 0.1) is 5.56 Å². The topological polar surface area (TPSA) is 71.2 Å². The normalized spacial score (nSPS) is 11.4. The maximum absolute atomic E-state index is 12.5. The van der Waals surface area contributed by atoms with Crippen LogP contribution in [0.5, 0.6) is 5.75 Å². The predicted molar refractivity (Wildman–Crippen MR) is 92.3 cm³/mol. The van der Waals surface area contributed by atoms with E-state index in [1.54, 1.807) is 19.1 Å². The number of carbonyl (C=O) groups excluding carboxylic acids is 2. The van der Waals surface area contributed by atoms with Crippen molar-refractivity contribution in [3.05, 3.63) is 65.4 Å². The smallest absolute Gasteiger partial charge is 0.406 e. The number of hydrogen-bond acceptors (Lipinski definition) is 3. The third-order valence-electron chi connectivity index (χ3n) is 3.94. The minimum atomic E-state index is -4.76. The molecule has 3 rings (SSSR count). The third-order valence-corrected chi connectivity index (χ3v) is 3.94. The molecule has 1 heterocycles. The van der Waals surface area contributed by atoms with Crippen LogP contribution in [-0.2, 0) is 11.3 Å². The lowest BCUT2D eigenvalue weighted by molar-refractivity contribution is -0.274. The lowest BCUT2D eigenvalue weighted by Gasteiger charge is -2.09. The van der Waals surface area contributed by atoms with Crippen molar-refractivity contribution < 1.29 is 27.5 Å². The van der Waals surface area contributed by atoms with Crippen LogP contribution in [0.15, 0.2) is 48.5 Å². The molecule has 0 radical (unpaired) electrons. The standard InChI is InChI=1S/C19H15F3N2O3/c1-11-16(14-4-2-3-5-15(14)24-11)17(25)18(26)23-10-12-6-8-13(9-7-12)27-19(20,21)22/h2-9,24H,10H2,1H3,(H,23,26). The van der Waals surface area contributed by atoms with Crippen molar-refractivity contribution >= 4 is 22.6 Å². The molecule has 2 aromatic carbocycles. The molecule has 3 aromatic rings. The Labute approximate surface area is 152 Å². The summed E-state index contributed by atoms with van der Waals surface area (Å²) < 4.78 is 40.2. The summed E-state index contributed by atoms with van der Waals surface area (Å²) in [5, 5.41) is 3.14. The number of amides is 1. The van der Waals surface area contributed by atoms with Gasteiger partial charge in [-0.05, 0) is 30.7 Å². The molecule has 0 aliphatic rings. The van der Waals surface area contributed by atoms with Crippen molar-refractivity contribution in [3.8, 4) is 5.75 Å². The highest BCUT2D eigenvalue weighted by Crippen LogP contribution is 2.23. The predicted octanol–water partition coefficient (Wildman–Crippen LogP) is 3.87. The van der Waals surface area contributed by atoms with Crippen LogP contribution in [0.3, 0.4) is 0 Å². The fourth-order valence-corrected chi connectivity index (χ4v) is 2.75. The number of Topliss-reactive ketones (excluding diaryl/α,β-unsaturated/α-hetero) is 1. The molecule has 5 nitrogen and oxygen atoms in total. The summed E-state index contributed by atoms with van der Waals surface area (Å²) in [6.07, 6.45) is -4.76. The highest BCUT2D eigenvalue weighted by molar-refractivity contribution is 6.45. The molecule has 0 aliphatic carbocycles. The number of alkyl halides is 3. The number of ketones is 1. The first-order chi connectivity index (χ1) is 12.7. The Morgan fingerprint density at radius 2 is 1.74 bits per heavy atom. The number of carbonyl (C=O) groups is 2. The van der Waals surface area contributed by atoms with Crippen LogP contribution in [0, 0.1) is 6.92 Å². The van der Waals surface area contributed by atoms with Gasteiger partial charge in [-0.2, -0.15) is 0 Å². The maximum Gasteiger partial charge on any atom is 0.573 e. The minimum Gasteiger partial charge on any atom is -0.406 e. The Morgan fingerprint density at radius 3 is 2.41 bits per heavy atom. The first-order valence-electron chi connectivity index (χ1n) is 7.99. The van der Waals surface area contributed by atoms with Crippen LogP contribution < -0.4 is 10.1 Å². The Kier molecular flexibility index (Phi) is 4.89. The fraction of sp³-hybridized carbons (Fsp3) is 0.158. The summed E-state index contributed by atoms with van der Waals surface area (Å²) in [4.78, 5) is 27.8. The number of H-pyrrole nitrogens is 1. The van der Waals surface area contributed by atoms with Crippen LogP contribution in [0.4, 0.5) is 13.2 Å². The van der Waals surface area contributed by atoms with Gasteiger partial charge in [0.1, 0.15) is 5.75 Å². The summed E-state index contributed by atoms with van der Waals surface area (Å²) in [7, 11) is 0. The van der Waals surface area contributed by atoms with Crippen molar-refractivity contribution in [2.75, 3.05) is 0 Å². The lowest BCUT2D eigenvalue weighted by atomic mass is 10.1. The number of aryl methyl sites for hydroxylation is 1. The molecule has 0 fully saturated rings. The second-order valence-electron chi connectivity index (χ2n) is 5.87. The van der Waals surface area contributed by atoms with E-state index in [2.05, 4.69) is 15.0 Å². The number of aromatic nitrogens is 1. The summed E-state index contributed by atoms with van der Waals surface area (Å²) in [6.45, 7) is 1.71. The summed E-state index contributed by atoms with van der Waals surface area (Å²) in [5.74, 6) is -1.83. The number of rotatable bonds is 5. The van der Waals surface area contributed by atoms with Gasteiger partial charge >= 0.3 is 6.36 Å². The number of nitrogens with one attached hydrogen (secondary N) is 2. The monoisotopic (exact) mass is 376 g/mol. The van der Waals surface area contributed by atoms with Gasteiger partial charge in [-0.1, -0.05) is 30.3 Å². The number of fused-ring (bicyclic) bond motifs is 1. The van der Waals surface area contributed by atoms with Gasteiger partial charge in [-0.15, -0.1) is 13.2 Å². The average Bonchev–Trinajstić information content (AvgIpc) is 2.94. The highest BCUT2D eigenvalue weighted by Gasteiger charge is 2.31. The fourth-order valence-electron chi connectivity index (χ4n) is 2.75. The molecule has 0 saturated heterocycles. The number of ether oxygens (including phenoxy) is 1. The van der Waals surface area contributed by atoms with E-state index in [9.17, 15) is 22.8 Å². The molecule has 27 heavy (non-hydrogen) atoms. The van der Waals surface area contributed by atoms with E-state index in [0.717, 1.165) is 17.6 Å². The van der Waals surface area contributed by atoms with Gasteiger partial charge in [-0.25, -0.2) is 0 Å². The van der Waals surface area contributed by atoms with Crippen molar-refractivity contribution in [1.82, 2.24) is 10.3 Å². The van der Waals surface area contributed by atoms with Crippen molar-refractivity contribution in [3.63, 3.8) is 0 Å². The SMILES string of the molecule is Cc1[nH]c2ccccc2c1C(=O)C(=O)NCc1ccc(OC(F)(F)F)cc1. The van der Waals surface area contributed by atoms with Crippen molar-refractivity contribution in [2.24, 2.45) is 0 Å². The molecule has 2 N–H and O–H groups in total. The van der Waals surface area contributed by atoms with Crippen LogP contribution in [0.25, 0.3) is 10.9 Å². The molecule has 0 bridgehead atoms. The van der Waals surface area contributed by atoms with E-state index in [0.29, 0.717) is 22.2 Å². The van der Waals surface area contributed by atoms with E-state index < -0.39 is 18.1 Å².